The van der Waals surface area contributed by atoms with Crippen LogP contribution in [0.1, 0.15) is 37.8 Å². The lowest BCUT2D eigenvalue weighted by Crippen LogP contribution is -2.50. The highest BCUT2D eigenvalue weighted by atomic mass is 79.9. The first-order valence-corrected chi connectivity index (χ1v) is 8.71. The summed E-state index contributed by atoms with van der Waals surface area (Å²) in [5, 5.41) is 6.57. The van der Waals surface area contributed by atoms with Crippen LogP contribution in [0.5, 0.6) is 0 Å². The third kappa shape index (κ3) is 3.84. The Morgan fingerprint density at radius 2 is 1.86 bits per heavy atom. The van der Waals surface area contributed by atoms with Crippen molar-refractivity contribution in [3.05, 3.63) is 34.3 Å². The second-order valence-corrected chi connectivity index (χ2v) is 7.35. The molecular formula is C17H24BrClN2O. The minimum Gasteiger partial charge on any atom is -0.349 e. The summed E-state index contributed by atoms with van der Waals surface area (Å²) in [5.41, 5.74) is 1.23. The number of hydrogen-bond acceptors (Lipinski definition) is 2. The quantitative estimate of drug-likeness (QED) is 0.809. The van der Waals surface area contributed by atoms with Crippen LogP contribution in [0.3, 0.4) is 0 Å². The van der Waals surface area contributed by atoms with Crippen LogP contribution in [0, 0.1) is 17.8 Å². The van der Waals surface area contributed by atoms with Crippen molar-refractivity contribution in [2.45, 2.75) is 32.2 Å². The standard InChI is InChI=1S/C17H23BrN2O.ClH/c1-11(14-9-19-10-14)17(21)20-16(12-3-2-4-12)13-5-7-15(18)8-6-13;/h5-8,11-12,14,16,19H,2-4,9-10H2,1H3,(H,20,21);1H. The van der Waals surface area contributed by atoms with Crippen LogP contribution in [0.25, 0.3) is 0 Å². The molecule has 2 fully saturated rings. The van der Waals surface area contributed by atoms with E-state index >= 15 is 0 Å². The lowest BCUT2D eigenvalue weighted by atomic mass is 9.76. The summed E-state index contributed by atoms with van der Waals surface area (Å²) in [6.45, 7) is 4.00. The molecule has 2 aliphatic rings. The van der Waals surface area contributed by atoms with Crippen LogP contribution in [0.4, 0.5) is 0 Å². The molecule has 1 aliphatic heterocycles. The lowest BCUT2D eigenvalue weighted by Gasteiger charge is -2.37. The molecular weight excluding hydrogens is 364 g/mol. The first-order chi connectivity index (χ1) is 10.1. The summed E-state index contributed by atoms with van der Waals surface area (Å²) < 4.78 is 1.08. The fourth-order valence-electron chi connectivity index (χ4n) is 3.08. The molecule has 2 N–H and O–H groups in total. The van der Waals surface area contributed by atoms with Crippen LogP contribution in [0.15, 0.2) is 28.7 Å². The number of hydrogen-bond donors (Lipinski definition) is 2. The van der Waals surface area contributed by atoms with E-state index in [1.165, 1.54) is 24.8 Å². The number of carbonyl (C=O) groups excluding carboxylic acids is 1. The summed E-state index contributed by atoms with van der Waals surface area (Å²) >= 11 is 3.48. The van der Waals surface area contributed by atoms with Crippen molar-refractivity contribution >= 4 is 34.2 Å². The molecule has 0 aromatic heterocycles. The van der Waals surface area contributed by atoms with Crippen LogP contribution in [-0.2, 0) is 4.79 Å². The van der Waals surface area contributed by atoms with Crippen molar-refractivity contribution in [2.24, 2.45) is 17.8 Å². The fourth-order valence-corrected chi connectivity index (χ4v) is 3.34. The predicted octanol–water partition coefficient (Wildman–Crippen LogP) is 3.68. The summed E-state index contributed by atoms with van der Waals surface area (Å²) in [4.78, 5) is 12.5. The van der Waals surface area contributed by atoms with Gasteiger partial charge in [-0.2, -0.15) is 0 Å². The van der Waals surface area contributed by atoms with Crippen molar-refractivity contribution < 1.29 is 4.79 Å². The molecule has 1 saturated heterocycles. The van der Waals surface area contributed by atoms with E-state index in [4.69, 9.17) is 0 Å². The Hall–Kier alpha value is -0.580. The normalized spacial score (nSPS) is 21.0. The van der Waals surface area contributed by atoms with Gasteiger partial charge >= 0.3 is 0 Å². The van der Waals surface area contributed by atoms with E-state index in [2.05, 4.69) is 57.8 Å². The average molecular weight is 388 g/mol. The fraction of sp³-hybridized carbons (Fsp3) is 0.588. The number of carbonyl (C=O) groups is 1. The van der Waals surface area contributed by atoms with Gasteiger partial charge < -0.3 is 10.6 Å². The molecule has 2 atom stereocenters. The Labute approximate surface area is 147 Å². The summed E-state index contributed by atoms with van der Waals surface area (Å²) in [7, 11) is 0. The zero-order valence-corrected chi connectivity index (χ0v) is 15.3. The van der Waals surface area contributed by atoms with E-state index < -0.39 is 0 Å². The number of nitrogens with one attached hydrogen (secondary N) is 2. The van der Waals surface area contributed by atoms with E-state index in [0.29, 0.717) is 11.8 Å². The van der Waals surface area contributed by atoms with Gasteiger partial charge in [-0.25, -0.2) is 0 Å². The highest BCUT2D eigenvalue weighted by Crippen LogP contribution is 2.38. The molecule has 5 heteroatoms. The number of benzene rings is 1. The summed E-state index contributed by atoms with van der Waals surface area (Å²) in [5.74, 6) is 1.41. The lowest BCUT2D eigenvalue weighted by molar-refractivity contribution is -0.128. The monoisotopic (exact) mass is 386 g/mol. The predicted molar refractivity (Wildman–Crippen MR) is 95.1 cm³/mol. The molecule has 22 heavy (non-hydrogen) atoms. The van der Waals surface area contributed by atoms with Gasteiger partial charge in [0.05, 0.1) is 6.04 Å². The third-order valence-corrected chi connectivity index (χ3v) is 5.61. The zero-order chi connectivity index (χ0) is 14.8. The smallest absolute Gasteiger partial charge is 0.223 e. The molecule has 1 amide bonds. The average Bonchev–Trinajstić information content (AvgIpc) is 2.34. The van der Waals surface area contributed by atoms with Crippen molar-refractivity contribution in [2.75, 3.05) is 13.1 Å². The molecule has 3 rings (SSSR count). The minimum absolute atomic E-state index is 0. The zero-order valence-electron chi connectivity index (χ0n) is 12.8. The Morgan fingerprint density at radius 3 is 2.32 bits per heavy atom. The van der Waals surface area contributed by atoms with Crippen molar-refractivity contribution in [1.29, 1.82) is 0 Å². The SMILES string of the molecule is CC(C(=O)NC(c1ccc(Br)cc1)C1CCC1)C1CNC1.Cl. The van der Waals surface area contributed by atoms with Gasteiger partial charge in [-0.05, 0) is 55.5 Å². The van der Waals surface area contributed by atoms with Crippen LogP contribution < -0.4 is 10.6 Å². The molecule has 0 radical (unpaired) electrons. The molecule has 1 aromatic carbocycles. The van der Waals surface area contributed by atoms with Gasteiger partial charge in [-0.1, -0.05) is 41.4 Å². The Bertz CT molecular complexity index is 500. The first kappa shape index (κ1) is 17.8. The molecule has 2 unspecified atom stereocenters. The second kappa shape index (κ2) is 7.80. The highest BCUT2D eigenvalue weighted by molar-refractivity contribution is 9.10. The number of halogens is 2. The van der Waals surface area contributed by atoms with E-state index in [0.717, 1.165) is 17.6 Å². The number of amides is 1. The molecule has 0 spiro atoms. The topological polar surface area (TPSA) is 41.1 Å². The molecule has 1 aliphatic carbocycles. The van der Waals surface area contributed by atoms with E-state index in [-0.39, 0.29) is 30.3 Å². The van der Waals surface area contributed by atoms with Gasteiger partial charge in [0, 0.05) is 10.4 Å². The molecule has 122 valence electrons. The summed E-state index contributed by atoms with van der Waals surface area (Å²) in [6.07, 6.45) is 3.73. The van der Waals surface area contributed by atoms with E-state index in [1.54, 1.807) is 0 Å². The van der Waals surface area contributed by atoms with E-state index in [9.17, 15) is 4.79 Å². The first-order valence-electron chi connectivity index (χ1n) is 7.91. The van der Waals surface area contributed by atoms with Crippen molar-refractivity contribution in [3.8, 4) is 0 Å². The van der Waals surface area contributed by atoms with Gasteiger partial charge in [0.2, 0.25) is 5.91 Å². The largest absolute Gasteiger partial charge is 0.349 e. The third-order valence-electron chi connectivity index (χ3n) is 5.08. The highest BCUT2D eigenvalue weighted by Gasteiger charge is 2.34. The van der Waals surface area contributed by atoms with Gasteiger partial charge in [0.25, 0.3) is 0 Å². The maximum Gasteiger partial charge on any atom is 0.223 e. The molecule has 1 saturated carbocycles. The molecule has 1 heterocycles. The maximum atomic E-state index is 12.5. The van der Waals surface area contributed by atoms with Gasteiger partial charge in [0.15, 0.2) is 0 Å². The van der Waals surface area contributed by atoms with Crippen LogP contribution >= 0.6 is 28.3 Å². The molecule has 3 nitrogen and oxygen atoms in total. The van der Waals surface area contributed by atoms with Gasteiger partial charge in [0.1, 0.15) is 0 Å². The number of rotatable bonds is 5. The minimum atomic E-state index is 0. The Morgan fingerprint density at radius 1 is 1.23 bits per heavy atom. The van der Waals surface area contributed by atoms with Gasteiger partial charge in [-0.15, -0.1) is 12.4 Å². The van der Waals surface area contributed by atoms with Crippen LogP contribution in [0.2, 0.25) is 0 Å². The molecule has 1 aromatic rings. The summed E-state index contributed by atoms with van der Waals surface area (Å²) in [6, 6.07) is 8.56. The Kier molecular flexibility index (Phi) is 6.30. The van der Waals surface area contributed by atoms with Crippen molar-refractivity contribution in [1.82, 2.24) is 10.6 Å². The maximum absolute atomic E-state index is 12.5. The molecule has 0 bridgehead atoms. The van der Waals surface area contributed by atoms with Crippen molar-refractivity contribution in [3.63, 3.8) is 0 Å². The Balaban J connectivity index is 0.00000176. The van der Waals surface area contributed by atoms with Gasteiger partial charge in [-0.3, -0.25) is 4.79 Å². The second-order valence-electron chi connectivity index (χ2n) is 6.44. The van der Waals surface area contributed by atoms with Crippen LogP contribution in [-0.4, -0.2) is 19.0 Å². The van der Waals surface area contributed by atoms with E-state index in [1.807, 2.05) is 0 Å².